The van der Waals surface area contributed by atoms with E-state index in [0.717, 1.165) is 10.2 Å². The molecule has 0 bridgehead atoms. The second kappa shape index (κ2) is 6.27. The Labute approximate surface area is 97.6 Å². The second-order valence-electron chi connectivity index (χ2n) is 2.01. The average molecular weight is 261 g/mol. The number of rotatable bonds is 0. The van der Waals surface area contributed by atoms with Crippen LogP contribution in [0.3, 0.4) is 0 Å². The quantitative estimate of drug-likeness (QED) is 0.776. The summed E-state index contributed by atoms with van der Waals surface area (Å²) in [5, 5.41) is 1.91. The molecule has 0 unspecified atom stereocenters. The van der Waals surface area contributed by atoms with Gasteiger partial charge < -0.3 is 4.98 Å². The van der Waals surface area contributed by atoms with Crippen LogP contribution >= 0.6 is 48.6 Å². The maximum Gasteiger partial charge on any atom is 0.199 e. The van der Waals surface area contributed by atoms with E-state index in [1.165, 1.54) is 11.3 Å². The standard InChI is InChI=1S/C7H5NOS.3ClH/c9-6-1-3-8-5-2-4-10-7(5)6;;;/h1-4H,(H,8,9);3*1H. The lowest BCUT2D eigenvalue weighted by molar-refractivity contribution is 1.41. The van der Waals surface area contributed by atoms with Gasteiger partial charge in [0.05, 0.1) is 10.2 Å². The van der Waals surface area contributed by atoms with Crippen LogP contribution in [0.2, 0.25) is 0 Å². The molecule has 0 saturated carbocycles. The zero-order valence-electron chi connectivity index (χ0n) is 6.35. The number of aromatic nitrogens is 1. The number of nitrogens with one attached hydrogen (secondary N) is 1. The molecule has 74 valence electrons. The Morgan fingerprint density at radius 2 is 1.85 bits per heavy atom. The highest BCUT2D eigenvalue weighted by molar-refractivity contribution is 7.17. The van der Waals surface area contributed by atoms with Crippen LogP contribution in [0.1, 0.15) is 0 Å². The molecule has 0 spiro atoms. The molecule has 0 saturated heterocycles. The van der Waals surface area contributed by atoms with Crippen LogP contribution in [0.25, 0.3) is 10.2 Å². The number of pyridine rings is 1. The fourth-order valence-corrected chi connectivity index (χ4v) is 1.67. The Balaban J connectivity index is 0. The second-order valence-corrected chi connectivity index (χ2v) is 2.92. The summed E-state index contributed by atoms with van der Waals surface area (Å²) in [6, 6.07) is 3.44. The van der Waals surface area contributed by atoms with Gasteiger partial charge in [0, 0.05) is 12.3 Å². The van der Waals surface area contributed by atoms with Crippen molar-refractivity contribution < 1.29 is 0 Å². The number of hydrogen-bond acceptors (Lipinski definition) is 2. The highest BCUT2D eigenvalue weighted by Crippen LogP contribution is 2.12. The lowest BCUT2D eigenvalue weighted by atomic mass is 10.4. The van der Waals surface area contributed by atoms with E-state index in [-0.39, 0.29) is 42.6 Å². The molecule has 0 aromatic carbocycles. The summed E-state index contributed by atoms with van der Waals surface area (Å²) in [5.41, 5.74) is 1.03. The molecule has 0 amide bonds. The van der Waals surface area contributed by atoms with Crippen molar-refractivity contribution in [1.82, 2.24) is 4.98 Å². The highest BCUT2D eigenvalue weighted by Gasteiger charge is 1.95. The average Bonchev–Trinajstić information content (AvgIpc) is 2.36. The van der Waals surface area contributed by atoms with Crippen molar-refractivity contribution in [1.29, 1.82) is 0 Å². The molecule has 13 heavy (non-hydrogen) atoms. The van der Waals surface area contributed by atoms with Gasteiger partial charge in [0.15, 0.2) is 5.43 Å². The molecule has 1 N–H and O–H groups in total. The molecule has 0 aliphatic heterocycles. The SMILES string of the molecule is Cl.Cl.Cl.O=c1cc[nH]c2ccsc12. The number of hydrogen-bond donors (Lipinski definition) is 1. The lowest BCUT2D eigenvalue weighted by Gasteiger charge is -1.83. The summed E-state index contributed by atoms with van der Waals surface area (Å²) in [7, 11) is 0. The third kappa shape index (κ3) is 2.88. The maximum atomic E-state index is 11.0. The van der Waals surface area contributed by atoms with E-state index < -0.39 is 0 Å². The minimum Gasteiger partial charge on any atom is -0.360 e. The Morgan fingerprint density at radius 3 is 2.46 bits per heavy atom. The third-order valence-electron chi connectivity index (χ3n) is 1.36. The summed E-state index contributed by atoms with van der Waals surface area (Å²) in [5.74, 6) is 0. The first kappa shape index (κ1) is 15.3. The first-order chi connectivity index (χ1) is 4.88. The summed E-state index contributed by atoms with van der Waals surface area (Å²) in [4.78, 5) is 14.0. The predicted molar refractivity (Wildman–Crippen MR) is 64.2 cm³/mol. The van der Waals surface area contributed by atoms with Crippen LogP contribution in [-0.2, 0) is 0 Å². The zero-order chi connectivity index (χ0) is 6.97. The summed E-state index contributed by atoms with van der Waals surface area (Å²) in [6.07, 6.45) is 1.66. The van der Waals surface area contributed by atoms with Gasteiger partial charge in [0.2, 0.25) is 0 Å². The van der Waals surface area contributed by atoms with Crippen molar-refractivity contribution in [3.05, 3.63) is 33.9 Å². The van der Waals surface area contributed by atoms with E-state index in [1.807, 2.05) is 11.4 Å². The minimum atomic E-state index is 0. The topological polar surface area (TPSA) is 32.9 Å². The molecule has 2 aromatic heterocycles. The van der Waals surface area contributed by atoms with Crippen molar-refractivity contribution in [2.75, 3.05) is 0 Å². The van der Waals surface area contributed by atoms with Gasteiger partial charge in [-0.25, -0.2) is 0 Å². The molecule has 2 rings (SSSR count). The van der Waals surface area contributed by atoms with Crippen molar-refractivity contribution in [2.45, 2.75) is 0 Å². The molecule has 0 aliphatic rings. The van der Waals surface area contributed by atoms with E-state index in [2.05, 4.69) is 4.98 Å². The molecular formula is C7H8Cl3NOS. The smallest absolute Gasteiger partial charge is 0.199 e. The predicted octanol–water partition coefficient (Wildman–Crippen LogP) is 2.86. The monoisotopic (exact) mass is 259 g/mol. The van der Waals surface area contributed by atoms with E-state index in [0.29, 0.717) is 0 Å². The number of H-pyrrole nitrogens is 1. The first-order valence-electron chi connectivity index (χ1n) is 2.93. The normalized spacial score (nSPS) is 8.00. The molecule has 0 atom stereocenters. The van der Waals surface area contributed by atoms with Crippen LogP contribution < -0.4 is 5.43 Å². The van der Waals surface area contributed by atoms with Crippen molar-refractivity contribution in [3.63, 3.8) is 0 Å². The molecule has 6 heteroatoms. The van der Waals surface area contributed by atoms with Crippen LogP contribution in [0, 0.1) is 0 Å². The minimum absolute atomic E-state index is 0. The van der Waals surface area contributed by atoms with Gasteiger partial charge in [-0.3, -0.25) is 4.79 Å². The van der Waals surface area contributed by atoms with E-state index in [4.69, 9.17) is 0 Å². The Hall–Kier alpha value is -0.220. The molecule has 2 nitrogen and oxygen atoms in total. The molecule has 2 heterocycles. The lowest BCUT2D eigenvalue weighted by Crippen LogP contribution is -1.95. The Kier molecular flexibility index (Phi) is 7.36. The van der Waals surface area contributed by atoms with Gasteiger partial charge in [-0.15, -0.1) is 48.6 Å². The van der Waals surface area contributed by atoms with Crippen LogP contribution in [-0.4, -0.2) is 4.98 Å². The largest absolute Gasteiger partial charge is 0.360 e. The van der Waals surface area contributed by atoms with Gasteiger partial charge in [-0.2, -0.15) is 0 Å². The van der Waals surface area contributed by atoms with Crippen molar-refractivity contribution in [2.24, 2.45) is 0 Å². The van der Waals surface area contributed by atoms with Crippen molar-refractivity contribution in [3.8, 4) is 0 Å². The number of halogens is 3. The van der Waals surface area contributed by atoms with Crippen LogP contribution in [0.15, 0.2) is 28.5 Å². The van der Waals surface area contributed by atoms with E-state index in [1.54, 1.807) is 12.3 Å². The summed E-state index contributed by atoms with van der Waals surface area (Å²) >= 11 is 1.47. The summed E-state index contributed by atoms with van der Waals surface area (Å²) in [6.45, 7) is 0. The van der Waals surface area contributed by atoms with E-state index in [9.17, 15) is 4.79 Å². The molecule has 0 aliphatic carbocycles. The maximum absolute atomic E-state index is 11.0. The molecule has 2 aromatic rings. The molecular weight excluding hydrogens is 253 g/mol. The zero-order valence-corrected chi connectivity index (χ0v) is 9.62. The van der Waals surface area contributed by atoms with Gasteiger partial charge in [0.1, 0.15) is 0 Å². The fraction of sp³-hybridized carbons (Fsp3) is 0. The van der Waals surface area contributed by atoms with Crippen molar-refractivity contribution >= 4 is 58.8 Å². The van der Waals surface area contributed by atoms with Gasteiger partial charge in [0.25, 0.3) is 0 Å². The highest BCUT2D eigenvalue weighted by atomic mass is 35.5. The number of fused-ring (bicyclic) bond motifs is 1. The van der Waals surface area contributed by atoms with Gasteiger partial charge in [-0.1, -0.05) is 0 Å². The summed E-state index contributed by atoms with van der Waals surface area (Å²) < 4.78 is 0.808. The third-order valence-corrected chi connectivity index (χ3v) is 2.29. The first-order valence-corrected chi connectivity index (χ1v) is 3.81. The number of aromatic amines is 1. The van der Waals surface area contributed by atoms with Crippen LogP contribution in [0.4, 0.5) is 0 Å². The van der Waals surface area contributed by atoms with Gasteiger partial charge in [-0.05, 0) is 11.4 Å². The fourth-order valence-electron chi connectivity index (χ4n) is 0.897. The molecule has 0 fully saturated rings. The Bertz CT molecular complexity index is 411. The van der Waals surface area contributed by atoms with E-state index >= 15 is 0 Å². The van der Waals surface area contributed by atoms with Gasteiger partial charge >= 0.3 is 0 Å². The number of thiophene rings is 1. The Morgan fingerprint density at radius 1 is 1.15 bits per heavy atom. The van der Waals surface area contributed by atoms with Crippen LogP contribution in [0.5, 0.6) is 0 Å². The molecule has 0 radical (unpaired) electrons.